The van der Waals surface area contributed by atoms with Crippen LogP contribution in [0.15, 0.2) is 0 Å². The number of hydrogen-bond donors (Lipinski definition) is 0. The molecule has 152 valence electrons. The molecule has 2 rings (SSSR count). The number of ether oxygens (including phenoxy) is 5. The van der Waals surface area contributed by atoms with Gasteiger partial charge in [0.2, 0.25) is 6.29 Å². The maximum absolute atomic E-state index is 11.9. The van der Waals surface area contributed by atoms with Crippen molar-refractivity contribution in [1.29, 1.82) is 0 Å². The van der Waals surface area contributed by atoms with Crippen LogP contribution < -0.4 is 0 Å². The lowest BCUT2D eigenvalue weighted by Gasteiger charge is -2.16. The molecule has 0 aromatic rings. The number of hydrogen-bond acceptors (Lipinski definition) is 9. The van der Waals surface area contributed by atoms with Gasteiger partial charge in [0.05, 0.1) is 19.8 Å². The molecule has 0 aliphatic carbocycles. The molecule has 27 heavy (non-hydrogen) atoms. The van der Waals surface area contributed by atoms with Crippen LogP contribution in [0, 0.1) is 0 Å². The van der Waals surface area contributed by atoms with Crippen LogP contribution in [0.5, 0.6) is 0 Å². The van der Waals surface area contributed by atoms with Crippen LogP contribution in [-0.4, -0.2) is 68.4 Å². The summed E-state index contributed by atoms with van der Waals surface area (Å²) in [6.07, 6.45) is 3.41. The number of fused-ring (bicyclic) bond motifs is 1. The second-order valence-electron chi connectivity index (χ2n) is 6.54. The zero-order chi connectivity index (χ0) is 19.6. The van der Waals surface area contributed by atoms with E-state index in [1.54, 1.807) is 0 Å². The second-order valence-corrected chi connectivity index (χ2v) is 6.54. The van der Waals surface area contributed by atoms with E-state index < -0.39 is 42.3 Å². The highest BCUT2D eigenvalue weighted by Crippen LogP contribution is 2.30. The molecule has 4 atom stereocenters. The Labute approximate surface area is 157 Å². The summed E-state index contributed by atoms with van der Waals surface area (Å²) in [5.74, 6) is -3.17. The fourth-order valence-corrected chi connectivity index (χ4v) is 3.10. The average molecular weight is 386 g/mol. The zero-order valence-corrected chi connectivity index (χ0v) is 15.4. The smallest absolute Gasteiger partial charge is 0.417 e. The molecule has 2 saturated heterocycles. The van der Waals surface area contributed by atoms with Crippen LogP contribution >= 0.6 is 0 Å². The van der Waals surface area contributed by atoms with Crippen LogP contribution in [0.25, 0.3) is 0 Å². The highest BCUT2D eigenvalue weighted by atomic mass is 16.7. The van der Waals surface area contributed by atoms with Gasteiger partial charge in [-0.1, -0.05) is 39.0 Å². The molecular formula is C18H26O9. The maximum atomic E-state index is 11.9. The zero-order valence-electron chi connectivity index (χ0n) is 15.4. The summed E-state index contributed by atoms with van der Waals surface area (Å²) in [6.45, 7) is 2.33. The van der Waals surface area contributed by atoms with Gasteiger partial charge in [0, 0.05) is 0 Å². The third-order valence-electron chi connectivity index (χ3n) is 4.48. The van der Waals surface area contributed by atoms with Gasteiger partial charge in [-0.3, -0.25) is 4.79 Å². The van der Waals surface area contributed by atoms with Gasteiger partial charge in [0.15, 0.2) is 12.2 Å². The van der Waals surface area contributed by atoms with Crippen LogP contribution in [0.2, 0.25) is 0 Å². The highest BCUT2D eigenvalue weighted by Gasteiger charge is 2.51. The minimum atomic E-state index is -1.10. The molecule has 2 aliphatic heterocycles. The van der Waals surface area contributed by atoms with Gasteiger partial charge in [0.1, 0.15) is 12.2 Å². The monoisotopic (exact) mass is 386 g/mol. The van der Waals surface area contributed by atoms with Crippen LogP contribution in [0.1, 0.15) is 45.4 Å². The van der Waals surface area contributed by atoms with E-state index in [2.05, 4.69) is 6.92 Å². The van der Waals surface area contributed by atoms with Crippen molar-refractivity contribution in [2.24, 2.45) is 0 Å². The lowest BCUT2D eigenvalue weighted by molar-refractivity contribution is -0.173. The van der Waals surface area contributed by atoms with Gasteiger partial charge in [-0.05, 0) is 6.42 Å². The molecule has 0 amide bonds. The first-order valence-electron chi connectivity index (χ1n) is 9.33. The molecule has 2 aliphatic rings. The predicted molar refractivity (Wildman–Crippen MR) is 89.6 cm³/mol. The minimum absolute atomic E-state index is 0.000914. The van der Waals surface area contributed by atoms with Crippen molar-refractivity contribution in [3.05, 3.63) is 0 Å². The first-order chi connectivity index (χ1) is 13.1. The molecular weight excluding hydrogens is 360 g/mol. The van der Waals surface area contributed by atoms with E-state index in [1.807, 2.05) is 0 Å². The molecule has 0 saturated carbocycles. The van der Waals surface area contributed by atoms with E-state index in [1.165, 1.54) is 6.42 Å². The Morgan fingerprint density at radius 1 is 0.889 bits per heavy atom. The fourth-order valence-electron chi connectivity index (χ4n) is 3.10. The van der Waals surface area contributed by atoms with Gasteiger partial charge in [-0.2, -0.15) is 0 Å². The molecule has 0 N–H and O–H groups in total. The second kappa shape index (κ2) is 11.0. The molecule has 0 bridgehead atoms. The average Bonchev–Trinajstić information content (AvgIpc) is 3.24. The Kier molecular flexibility index (Phi) is 8.66. The Bertz CT molecular complexity index is 533. The van der Waals surface area contributed by atoms with Crippen molar-refractivity contribution in [2.75, 3.05) is 19.8 Å². The Hall–Kier alpha value is -2.00. The third-order valence-corrected chi connectivity index (χ3v) is 4.48. The fraction of sp³-hybridized carbons (Fsp3) is 0.778. The van der Waals surface area contributed by atoms with Gasteiger partial charge in [-0.15, -0.1) is 0 Å². The number of aldehydes is 1. The third kappa shape index (κ3) is 6.28. The van der Waals surface area contributed by atoms with Crippen molar-refractivity contribution in [3.63, 3.8) is 0 Å². The summed E-state index contributed by atoms with van der Waals surface area (Å²) in [7, 11) is 0. The summed E-state index contributed by atoms with van der Waals surface area (Å²) in [4.78, 5) is 45.0. The number of rotatable bonds is 10. The standard InChI is InChI=1S/C18H26O9/c1-2-3-4-5-6-7-8-23-17(21)18(22)27-13-11-25-15-12(10-24-16(13)15)26-14(20)9-19/h9,12-13,15-16H,2-8,10-11H2,1H3/t12-,13-,15?,16?/m1/s1. The number of esters is 3. The van der Waals surface area contributed by atoms with E-state index in [4.69, 9.17) is 23.7 Å². The number of carbonyl (C=O) groups excluding carboxylic acids is 4. The van der Waals surface area contributed by atoms with Crippen molar-refractivity contribution in [1.82, 2.24) is 0 Å². The Balaban J connectivity index is 1.66. The first kappa shape index (κ1) is 21.3. The molecule has 2 unspecified atom stereocenters. The van der Waals surface area contributed by atoms with Gasteiger partial charge in [0.25, 0.3) is 0 Å². The topological polar surface area (TPSA) is 114 Å². The molecule has 0 spiro atoms. The van der Waals surface area contributed by atoms with E-state index in [0.29, 0.717) is 6.42 Å². The number of unbranched alkanes of at least 4 members (excludes halogenated alkanes) is 5. The Morgan fingerprint density at radius 2 is 1.48 bits per heavy atom. The molecule has 9 nitrogen and oxygen atoms in total. The predicted octanol–water partition coefficient (Wildman–Crippen LogP) is 0.710. The summed E-state index contributed by atoms with van der Waals surface area (Å²) in [6, 6.07) is 0. The van der Waals surface area contributed by atoms with Crippen molar-refractivity contribution in [2.45, 2.75) is 69.9 Å². The van der Waals surface area contributed by atoms with Crippen molar-refractivity contribution >= 4 is 24.2 Å². The van der Waals surface area contributed by atoms with Gasteiger partial charge >= 0.3 is 17.9 Å². The van der Waals surface area contributed by atoms with E-state index >= 15 is 0 Å². The molecule has 0 aromatic heterocycles. The molecule has 2 heterocycles. The molecule has 9 heteroatoms. The highest BCUT2D eigenvalue weighted by molar-refractivity contribution is 6.29. The lowest BCUT2D eigenvalue weighted by atomic mass is 10.1. The van der Waals surface area contributed by atoms with Crippen molar-refractivity contribution in [3.8, 4) is 0 Å². The summed E-state index contributed by atoms with van der Waals surface area (Å²) in [5.41, 5.74) is 0. The van der Waals surface area contributed by atoms with E-state index in [-0.39, 0.29) is 26.1 Å². The number of carbonyl (C=O) groups is 4. The van der Waals surface area contributed by atoms with Gasteiger partial charge < -0.3 is 23.7 Å². The Morgan fingerprint density at radius 3 is 2.11 bits per heavy atom. The van der Waals surface area contributed by atoms with Crippen LogP contribution in [0.4, 0.5) is 0 Å². The van der Waals surface area contributed by atoms with Crippen LogP contribution in [-0.2, 0) is 42.9 Å². The van der Waals surface area contributed by atoms with Gasteiger partial charge in [-0.25, -0.2) is 14.4 Å². The normalized spacial score (nSPS) is 26.3. The first-order valence-corrected chi connectivity index (χ1v) is 9.33. The maximum Gasteiger partial charge on any atom is 0.417 e. The van der Waals surface area contributed by atoms with Crippen LogP contribution in [0.3, 0.4) is 0 Å². The van der Waals surface area contributed by atoms with Crippen molar-refractivity contribution < 1.29 is 42.9 Å². The summed E-state index contributed by atoms with van der Waals surface area (Å²) >= 11 is 0. The van der Waals surface area contributed by atoms with E-state index in [9.17, 15) is 19.2 Å². The molecule has 2 fully saturated rings. The largest absolute Gasteiger partial charge is 0.457 e. The molecule has 0 aromatic carbocycles. The summed E-state index contributed by atoms with van der Waals surface area (Å²) in [5, 5.41) is 0. The molecule has 0 radical (unpaired) electrons. The summed E-state index contributed by atoms with van der Waals surface area (Å²) < 4.78 is 25.8. The SMILES string of the molecule is CCCCCCCCOC(=O)C(=O)O[C@@H]1COC2C1OC[C@H]2OC(=O)C=O. The quantitative estimate of drug-likeness (QED) is 0.176. The minimum Gasteiger partial charge on any atom is -0.457 e. The lowest BCUT2D eigenvalue weighted by Crippen LogP contribution is -2.37. The van der Waals surface area contributed by atoms with E-state index in [0.717, 1.165) is 25.7 Å².